The molecule has 0 radical (unpaired) electrons. The lowest BCUT2D eigenvalue weighted by atomic mass is 10.1. The van der Waals surface area contributed by atoms with Crippen LogP contribution in [0.1, 0.15) is 29.4 Å². The van der Waals surface area contributed by atoms with Crippen molar-refractivity contribution >= 4 is 32.6 Å². The summed E-state index contributed by atoms with van der Waals surface area (Å²) in [5, 5.41) is 0.648. The molecule has 6 nitrogen and oxygen atoms in total. The highest BCUT2D eigenvalue weighted by Crippen LogP contribution is 2.30. The fourth-order valence-electron chi connectivity index (χ4n) is 2.14. The van der Waals surface area contributed by atoms with Crippen LogP contribution in [-0.4, -0.2) is 32.2 Å². The molecule has 0 aliphatic rings. The van der Waals surface area contributed by atoms with Gasteiger partial charge in [0.25, 0.3) is 0 Å². The van der Waals surface area contributed by atoms with E-state index in [1.165, 1.54) is 7.11 Å². The summed E-state index contributed by atoms with van der Waals surface area (Å²) in [6.45, 7) is 3.68. The van der Waals surface area contributed by atoms with E-state index in [9.17, 15) is 13.2 Å². The average Bonchev–Trinajstić information content (AvgIpc) is 2.75. The van der Waals surface area contributed by atoms with Gasteiger partial charge in [0.15, 0.2) is 5.69 Å². The minimum absolute atomic E-state index is 0.00784. The van der Waals surface area contributed by atoms with Gasteiger partial charge in [-0.05, 0) is 25.5 Å². The van der Waals surface area contributed by atoms with E-state index in [0.717, 1.165) is 5.56 Å². The largest absolute Gasteiger partial charge is 0.464 e. The van der Waals surface area contributed by atoms with Crippen molar-refractivity contribution in [1.29, 1.82) is 0 Å². The van der Waals surface area contributed by atoms with Gasteiger partial charge in [-0.15, -0.1) is 0 Å². The minimum atomic E-state index is -3.50. The molecule has 21 heavy (non-hydrogen) atoms. The van der Waals surface area contributed by atoms with Gasteiger partial charge in [-0.3, -0.25) is 4.72 Å². The van der Waals surface area contributed by atoms with Crippen molar-refractivity contribution in [2.45, 2.75) is 20.3 Å². The lowest BCUT2D eigenvalue weighted by Crippen LogP contribution is -2.18. The van der Waals surface area contributed by atoms with Gasteiger partial charge >= 0.3 is 5.97 Å². The number of benzene rings is 1. The number of anilines is 1. The molecule has 0 unspecified atom stereocenters. The maximum absolute atomic E-state index is 12.0. The summed E-state index contributed by atoms with van der Waals surface area (Å²) in [4.78, 5) is 14.7. The van der Waals surface area contributed by atoms with Gasteiger partial charge in [0.05, 0.1) is 18.6 Å². The van der Waals surface area contributed by atoms with Crippen LogP contribution in [0.3, 0.4) is 0 Å². The molecule has 0 bridgehead atoms. The van der Waals surface area contributed by atoms with E-state index in [-0.39, 0.29) is 17.1 Å². The number of carbonyl (C=O) groups is 1. The molecule has 0 atom stereocenters. The zero-order valence-corrected chi connectivity index (χ0v) is 13.0. The number of methoxy groups -OCH3 is 1. The molecule has 2 aromatic rings. The third-order valence-corrected chi connectivity index (χ3v) is 4.53. The number of aromatic nitrogens is 1. The molecule has 0 aliphatic carbocycles. The Balaban J connectivity index is 2.62. The molecule has 7 heteroatoms. The van der Waals surface area contributed by atoms with E-state index in [1.54, 1.807) is 13.0 Å². The third-order valence-electron chi connectivity index (χ3n) is 3.07. The second-order valence-electron chi connectivity index (χ2n) is 4.84. The van der Waals surface area contributed by atoms with E-state index in [4.69, 9.17) is 4.74 Å². The summed E-state index contributed by atoms with van der Waals surface area (Å²) >= 11 is 0. The van der Waals surface area contributed by atoms with Crippen molar-refractivity contribution in [1.82, 2.24) is 4.98 Å². The third kappa shape index (κ3) is 3.18. The maximum Gasteiger partial charge on any atom is 0.356 e. The Bertz CT molecular complexity index is 778. The smallest absolute Gasteiger partial charge is 0.356 e. The van der Waals surface area contributed by atoms with Crippen molar-refractivity contribution in [2.75, 3.05) is 17.6 Å². The molecule has 1 aromatic heterocycles. The van der Waals surface area contributed by atoms with Crippen molar-refractivity contribution in [3.63, 3.8) is 0 Å². The molecule has 0 saturated heterocycles. The Kier molecular flexibility index (Phi) is 4.22. The number of aryl methyl sites for hydroxylation is 1. The van der Waals surface area contributed by atoms with Crippen molar-refractivity contribution in [2.24, 2.45) is 0 Å². The van der Waals surface area contributed by atoms with Crippen LogP contribution < -0.4 is 4.72 Å². The molecule has 1 aromatic carbocycles. The molecular weight excluding hydrogens is 292 g/mol. The second kappa shape index (κ2) is 5.77. The first-order valence-corrected chi connectivity index (χ1v) is 8.24. The van der Waals surface area contributed by atoms with Crippen LogP contribution in [0.4, 0.5) is 5.69 Å². The topological polar surface area (TPSA) is 88.3 Å². The van der Waals surface area contributed by atoms with Crippen LogP contribution in [0.5, 0.6) is 0 Å². The first kappa shape index (κ1) is 15.4. The van der Waals surface area contributed by atoms with E-state index < -0.39 is 16.0 Å². The van der Waals surface area contributed by atoms with Gasteiger partial charge in [-0.25, -0.2) is 13.2 Å². The molecule has 0 saturated carbocycles. The highest BCUT2D eigenvalue weighted by atomic mass is 32.2. The molecule has 2 N–H and O–H groups in total. The Morgan fingerprint density at radius 3 is 2.71 bits per heavy atom. The highest BCUT2D eigenvalue weighted by molar-refractivity contribution is 7.92. The Morgan fingerprint density at radius 1 is 1.38 bits per heavy atom. The van der Waals surface area contributed by atoms with Crippen molar-refractivity contribution in [3.05, 3.63) is 29.5 Å². The molecule has 0 spiro atoms. The van der Waals surface area contributed by atoms with Gasteiger partial charge in [0.1, 0.15) is 0 Å². The summed E-state index contributed by atoms with van der Waals surface area (Å²) in [7, 11) is -2.25. The van der Waals surface area contributed by atoms with Gasteiger partial charge in [-0.1, -0.05) is 18.6 Å². The summed E-state index contributed by atoms with van der Waals surface area (Å²) in [5.74, 6) is -0.621. The Hall–Kier alpha value is -2.02. The van der Waals surface area contributed by atoms with Gasteiger partial charge in [-0.2, -0.15) is 0 Å². The van der Waals surface area contributed by atoms with Crippen molar-refractivity contribution in [3.8, 4) is 0 Å². The monoisotopic (exact) mass is 310 g/mol. The van der Waals surface area contributed by atoms with Crippen LogP contribution >= 0.6 is 0 Å². The zero-order valence-electron chi connectivity index (χ0n) is 12.2. The predicted molar refractivity (Wildman–Crippen MR) is 82.1 cm³/mol. The van der Waals surface area contributed by atoms with Crippen LogP contribution in [-0.2, 0) is 14.8 Å². The summed E-state index contributed by atoms with van der Waals surface area (Å²) in [5.41, 5.74) is 2.00. The van der Waals surface area contributed by atoms with Crippen molar-refractivity contribution < 1.29 is 17.9 Å². The molecule has 0 amide bonds. The van der Waals surface area contributed by atoms with Crippen LogP contribution in [0.15, 0.2) is 18.2 Å². The van der Waals surface area contributed by atoms with E-state index in [1.807, 2.05) is 19.1 Å². The first-order chi connectivity index (χ1) is 9.88. The molecular formula is C14H18N2O4S. The number of hydrogen-bond donors (Lipinski definition) is 2. The number of H-pyrrole nitrogens is 1. The fraction of sp³-hybridized carbons (Fsp3) is 0.357. The number of ether oxygens (including phenoxy) is 1. The molecule has 114 valence electrons. The average molecular weight is 310 g/mol. The van der Waals surface area contributed by atoms with Gasteiger partial charge < -0.3 is 9.72 Å². The highest BCUT2D eigenvalue weighted by Gasteiger charge is 2.22. The lowest BCUT2D eigenvalue weighted by molar-refractivity contribution is 0.0596. The molecule has 2 rings (SSSR count). The number of fused-ring (bicyclic) bond motifs is 1. The minimum Gasteiger partial charge on any atom is -0.464 e. The fourth-order valence-corrected chi connectivity index (χ4v) is 3.30. The normalized spacial score (nSPS) is 11.6. The van der Waals surface area contributed by atoms with E-state index >= 15 is 0 Å². The lowest BCUT2D eigenvalue weighted by Gasteiger charge is -2.08. The van der Waals surface area contributed by atoms with Gasteiger partial charge in [0.2, 0.25) is 10.0 Å². The SMILES string of the molecule is CCCS(=O)(=O)Nc1c(C(=O)OC)[nH]c2ccc(C)cc12. The number of sulfonamides is 1. The summed E-state index contributed by atoms with van der Waals surface area (Å²) in [6.07, 6.45) is 0.490. The number of aromatic amines is 1. The molecule has 0 fully saturated rings. The number of nitrogens with one attached hydrogen (secondary N) is 2. The summed E-state index contributed by atoms with van der Waals surface area (Å²) < 4.78 is 31.2. The first-order valence-electron chi connectivity index (χ1n) is 6.59. The maximum atomic E-state index is 12.0. The summed E-state index contributed by atoms with van der Waals surface area (Å²) in [6, 6.07) is 5.50. The molecule has 1 heterocycles. The number of rotatable bonds is 5. The quantitative estimate of drug-likeness (QED) is 0.830. The van der Waals surface area contributed by atoms with Crippen LogP contribution in [0.2, 0.25) is 0 Å². The van der Waals surface area contributed by atoms with E-state index in [0.29, 0.717) is 17.3 Å². The Labute approximate surface area is 123 Å². The Morgan fingerprint density at radius 2 is 2.10 bits per heavy atom. The standard InChI is InChI=1S/C14H18N2O4S/c1-4-7-21(18,19)16-12-10-8-9(2)5-6-11(10)15-13(12)14(17)20-3/h5-6,8,15-16H,4,7H2,1-3H3. The second-order valence-corrected chi connectivity index (χ2v) is 6.68. The van der Waals surface area contributed by atoms with E-state index in [2.05, 4.69) is 9.71 Å². The zero-order chi connectivity index (χ0) is 15.6. The number of carbonyl (C=O) groups excluding carboxylic acids is 1. The number of hydrogen-bond acceptors (Lipinski definition) is 4. The van der Waals surface area contributed by atoms with Crippen LogP contribution in [0, 0.1) is 6.92 Å². The predicted octanol–water partition coefficient (Wildman–Crippen LogP) is 2.41. The van der Waals surface area contributed by atoms with Crippen LogP contribution in [0.25, 0.3) is 10.9 Å². The van der Waals surface area contributed by atoms with Gasteiger partial charge in [0, 0.05) is 10.9 Å². The molecule has 0 aliphatic heterocycles. The number of esters is 1.